The smallest absolute Gasteiger partial charge is 0.253 e. The molecule has 0 radical (unpaired) electrons. The van der Waals surface area contributed by atoms with E-state index in [9.17, 15) is 9.59 Å². The van der Waals surface area contributed by atoms with Gasteiger partial charge in [-0.15, -0.1) is 0 Å². The Morgan fingerprint density at radius 3 is 2.77 bits per heavy atom. The van der Waals surface area contributed by atoms with Gasteiger partial charge in [0.2, 0.25) is 0 Å². The van der Waals surface area contributed by atoms with Crippen LogP contribution in [0, 0.1) is 0 Å². The Morgan fingerprint density at radius 2 is 1.94 bits per heavy atom. The van der Waals surface area contributed by atoms with Crippen molar-refractivity contribution in [3.63, 3.8) is 0 Å². The molecule has 1 aromatic carbocycles. The number of halogens is 1. The summed E-state index contributed by atoms with van der Waals surface area (Å²) in [4.78, 5) is 33.3. The molecule has 0 atom stereocenters. The standard InChI is InChI=1S/C26H21ClN6O2/c27-20-5-7-23-22(11-20)24(32-31-23)15-30-26(35)19-10-18(12-28-14-19)9-17-4-6-21(29-13-17)16-33-8-2-1-3-25(33)34/h1-8,10-14H,9,15-16H2,(H,30,35)(H,31,32). The first-order valence-corrected chi connectivity index (χ1v) is 11.4. The molecule has 4 aromatic heterocycles. The van der Waals surface area contributed by atoms with E-state index in [1.54, 1.807) is 35.3 Å². The molecule has 2 N–H and O–H groups in total. The van der Waals surface area contributed by atoms with Crippen molar-refractivity contribution in [2.45, 2.75) is 19.5 Å². The van der Waals surface area contributed by atoms with E-state index < -0.39 is 0 Å². The van der Waals surface area contributed by atoms with Gasteiger partial charge in [0.05, 0.1) is 35.6 Å². The summed E-state index contributed by atoms with van der Waals surface area (Å²) in [5.74, 6) is -0.237. The van der Waals surface area contributed by atoms with E-state index in [0.29, 0.717) is 29.2 Å². The van der Waals surface area contributed by atoms with Crippen LogP contribution >= 0.6 is 11.6 Å². The quantitative estimate of drug-likeness (QED) is 0.366. The number of nitrogens with one attached hydrogen (secondary N) is 2. The molecule has 0 spiro atoms. The number of nitrogens with zero attached hydrogens (tertiary/aromatic N) is 4. The molecule has 0 aliphatic rings. The molecular formula is C26H21ClN6O2. The number of pyridine rings is 3. The predicted molar refractivity (Wildman–Crippen MR) is 133 cm³/mol. The minimum absolute atomic E-state index is 0.0659. The molecule has 174 valence electrons. The van der Waals surface area contributed by atoms with Crippen molar-refractivity contribution < 1.29 is 4.79 Å². The van der Waals surface area contributed by atoms with Crippen LogP contribution in [0.15, 0.2) is 84.2 Å². The van der Waals surface area contributed by atoms with E-state index in [4.69, 9.17) is 11.6 Å². The second-order valence-electron chi connectivity index (χ2n) is 8.13. The largest absolute Gasteiger partial charge is 0.346 e. The molecule has 0 bridgehead atoms. The van der Waals surface area contributed by atoms with E-state index in [0.717, 1.165) is 27.7 Å². The van der Waals surface area contributed by atoms with E-state index in [1.807, 2.05) is 36.4 Å². The molecule has 0 unspecified atom stereocenters. The van der Waals surface area contributed by atoms with Gasteiger partial charge >= 0.3 is 0 Å². The number of carbonyl (C=O) groups excluding carboxylic acids is 1. The van der Waals surface area contributed by atoms with E-state index in [2.05, 4.69) is 25.5 Å². The molecule has 5 aromatic rings. The highest BCUT2D eigenvalue weighted by atomic mass is 35.5. The van der Waals surface area contributed by atoms with Crippen molar-refractivity contribution in [2.24, 2.45) is 0 Å². The lowest BCUT2D eigenvalue weighted by atomic mass is 10.1. The summed E-state index contributed by atoms with van der Waals surface area (Å²) < 4.78 is 1.61. The van der Waals surface area contributed by atoms with Gasteiger partial charge in [0.15, 0.2) is 0 Å². The highest BCUT2D eigenvalue weighted by molar-refractivity contribution is 6.31. The maximum atomic E-state index is 12.7. The first kappa shape index (κ1) is 22.5. The third kappa shape index (κ3) is 5.28. The summed E-state index contributed by atoms with van der Waals surface area (Å²) >= 11 is 6.09. The maximum absolute atomic E-state index is 12.7. The zero-order chi connectivity index (χ0) is 24.2. The summed E-state index contributed by atoms with van der Waals surface area (Å²) in [5.41, 5.74) is 4.64. The van der Waals surface area contributed by atoms with Crippen LogP contribution in [0.1, 0.15) is 32.9 Å². The fraction of sp³-hybridized carbons (Fsp3) is 0.115. The summed E-state index contributed by atoms with van der Waals surface area (Å²) in [5, 5.41) is 11.6. The lowest BCUT2D eigenvalue weighted by Crippen LogP contribution is -2.23. The second-order valence-corrected chi connectivity index (χ2v) is 8.56. The fourth-order valence-corrected chi connectivity index (χ4v) is 3.98. The van der Waals surface area contributed by atoms with Crippen molar-refractivity contribution in [3.05, 3.63) is 123 Å². The third-order valence-electron chi connectivity index (χ3n) is 5.60. The maximum Gasteiger partial charge on any atom is 0.253 e. The Hall–Kier alpha value is -4.30. The van der Waals surface area contributed by atoms with Crippen molar-refractivity contribution >= 4 is 28.4 Å². The van der Waals surface area contributed by atoms with Gasteiger partial charge in [0, 0.05) is 47.7 Å². The summed E-state index contributed by atoms with van der Waals surface area (Å²) in [6.07, 6.45) is 7.37. The van der Waals surface area contributed by atoms with Gasteiger partial charge in [-0.05, 0) is 47.5 Å². The monoisotopic (exact) mass is 484 g/mol. The number of benzene rings is 1. The summed E-state index contributed by atoms with van der Waals surface area (Å²) in [6, 6.07) is 16.2. The van der Waals surface area contributed by atoms with Gasteiger partial charge in [0.1, 0.15) is 0 Å². The molecule has 0 saturated heterocycles. The number of fused-ring (bicyclic) bond motifs is 1. The van der Waals surface area contributed by atoms with Crippen molar-refractivity contribution in [1.29, 1.82) is 0 Å². The van der Waals surface area contributed by atoms with Gasteiger partial charge in [-0.3, -0.25) is 24.7 Å². The minimum Gasteiger partial charge on any atom is -0.346 e. The van der Waals surface area contributed by atoms with Crippen molar-refractivity contribution in [1.82, 2.24) is 30.0 Å². The SMILES string of the molecule is O=C(NCc1n[nH]c2ccc(Cl)cc12)c1cncc(Cc2ccc(Cn3ccccc3=O)nc2)c1. The molecule has 0 saturated carbocycles. The molecule has 8 nitrogen and oxygen atoms in total. The van der Waals surface area contributed by atoms with Gasteiger partial charge in [-0.1, -0.05) is 23.7 Å². The number of rotatable bonds is 7. The van der Waals surface area contributed by atoms with Gasteiger partial charge in [-0.25, -0.2) is 0 Å². The van der Waals surface area contributed by atoms with Crippen LogP contribution in [0.4, 0.5) is 0 Å². The number of H-pyrrole nitrogens is 1. The highest BCUT2D eigenvalue weighted by Gasteiger charge is 2.11. The zero-order valence-electron chi connectivity index (χ0n) is 18.6. The number of carbonyl (C=O) groups is 1. The van der Waals surface area contributed by atoms with Gasteiger partial charge in [0.25, 0.3) is 11.5 Å². The van der Waals surface area contributed by atoms with E-state index >= 15 is 0 Å². The Bertz CT molecular complexity index is 1560. The number of aromatic nitrogens is 5. The fourth-order valence-electron chi connectivity index (χ4n) is 3.80. The summed E-state index contributed by atoms with van der Waals surface area (Å²) in [6.45, 7) is 0.675. The average Bonchev–Trinajstić information content (AvgIpc) is 3.27. The first-order chi connectivity index (χ1) is 17.0. The third-order valence-corrected chi connectivity index (χ3v) is 5.84. The molecule has 0 aliphatic carbocycles. The molecule has 0 aliphatic heterocycles. The Morgan fingerprint density at radius 1 is 1.03 bits per heavy atom. The first-order valence-electron chi connectivity index (χ1n) is 11.0. The van der Waals surface area contributed by atoms with Crippen LogP contribution in [0.5, 0.6) is 0 Å². The lowest BCUT2D eigenvalue weighted by Gasteiger charge is -2.08. The van der Waals surface area contributed by atoms with Crippen LogP contribution in [-0.2, 0) is 19.5 Å². The number of hydrogen-bond acceptors (Lipinski definition) is 5. The van der Waals surface area contributed by atoms with Crippen molar-refractivity contribution in [3.8, 4) is 0 Å². The van der Waals surface area contributed by atoms with E-state index in [-0.39, 0.29) is 18.0 Å². The second kappa shape index (κ2) is 9.90. The van der Waals surface area contributed by atoms with E-state index in [1.165, 1.54) is 12.3 Å². The predicted octanol–water partition coefficient (Wildman–Crippen LogP) is 3.74. The topological polar surface area (TPSA) is 106 Å². The molecule has 9 heteroatoms. The van der Waals surface area contributed by atoms with Crippen LogP contribution < -0.4 is 10.9 Å². The molecule has 0 fully saturated rings. The lowest BCUT2D eigenvalue weighted by molar-refractivity contribution is 0.0950. The van der Waals surface area contributed by atoms with Crippen LogP contribution in [0.2, 0.25) is 5.02 Å². The molecule has 1 amide bonds. The Labute approximate surface area is 205 Å². The molecule has 5 rings (SSSR count). The normalized spacial score (nSPS) is 11.0. The number of hydrogen-bond donors (Lipinski definition) is 2. The Balaban J connectivity index is 1.23. The average molecular weight is 485 g/mol. The number of amides is 1. The Kier molecular flexibility index (Phi) is 6.36. The van der Waals surface area contributed by atoms with Gasteiger partial charge in [-0.2, -0.15) is 5.10 Å². The summed E-state index contributed by atoms with van der Waals surface area (Å²) in [7, 11) is 0. The van der Waals surface area contributed by atoms with Crippen molar-refractivity contribution in [2.75, 3.05) is 0 Å². The molecular weight excluding hydrogens is 464 g/mol. The van der Waals surface area contributed by atoms with Crippen LogP contribution in [0.25, 0.3) is 10.9 Å². The van der Waals surface area contributed by atoms with Crippen LogP contribution in [0.3, 0.4) is 0 Å². The molecule has 4 heterocycles. The highest BCUT2D eigenvalue weighted by Crippen LogP contribution is 2.20. The van der Waals surface area contributed by atoms with Gasteiger partial charge < -0.3 is 9.88 Å². The molecule has 35 heavy (non-hydrogen) atoms. The zero-order valence-corrected chi connectivity index (χ0v) is 19.4. The number of aromatic amines is 1. The minimum atomic E-state index is -0.237. The van der Waals surface area contributed by atoms with Crippen LogP contribution in [-0.4, -0.2) is 30.6 Å².